The van der Waals surface area contributed by atoms with Crippen molar-refractivity contribution >= 4 is 21.4 Å². The summed E-state index contributed by atoms with van der Waals surface area (Å²) < 4.78 is 3.64. The molecule has 0 aliphatic heterocycles. The molecule has 0 amide bonds. The Hall–Kier alpha value is -1.96. The van der Waals surface area contributed by atoms with Crippen LogP contribution in [0.1, 0.15) is 25.5 Å². The van der Waals surface area contributed by atoms with Gasteiger partial charge in [-0.15, -0.1) is 15.3 Å². The molecule has 0 saturated carbocycles. The normalized spacial score (nSPS) is 11.5. The van der Waals surface area contributed by atoms with Crippen molar-refractivity contribution in [3.05, 3.63) is 11.8 Å². The molecule has 19 heavy (non-hydrogen) atoms. The summed E-state index contributed by atoms with van der Waals surface area (Å²) in [7, 11) is 0. The Morgan fingerprint density at radius 1 is 1.32 bits per heavy atom. The van der Waals surface area contributed by atoms with Gasteiger partial charge in [0.1, 0.15) is 5.69 Å². The molecular formula is C11H15N7S. The summed E-state index contributed by atoms with van der Waals surface area (Å²) in [4.78, 5) is 0.688. The molecule has 0 bridgehead atoms. The highest BCUT2D eigenvalue weighted by atomic mass is 32.1. The van der Waals surface area contributed by atoms with Crippen LogP contribution in [-0.4, -0.2) is 29.6 Å². The fraction of sp³-hybridized carbons (Fsp3) is 0.455. The first-order valence-corrected chi connectivity index (χ1v) is 7.03. The second-order valence-electron chi connectivity index (χ2n) is 4.41. The van der Waals surface area contributed by atoms with Crippen LogP contribution in [0.3, 0.4) is 0 Å². The van der Waals surface area contributed by atoms with Crippen molar-refractivity contribution in [3.63, 3.8) is 0 Å². The van der Waals surface area contributed by atoms with Gasteiger partial charge in [0, 0.05) is 12.2 Å². The number of fused-ring (bicyclic) bond motifs is 1. The van der Waals surface area contributed by atoms with Gasteiger partial charge in [0.2, 0.25) is 15.9 Å². The lowest BCUT2D eigenvalue weighted by molar-refractivity contribution is 0.560. The first-order chi connectivity index (χ1) is 9.19. The third kappa shape index (κ3) is 2.07. The average molecular weight is 277 g/mol. The zero-order valence-corrected chi connectivity index (χ0v) is 11.7. The van der Waals surface area contributed by atoms with E-state index in [4.69, 9.17) is 5.73 Å². The number of nitrogens with zero attached hydrogens (tertiary/aromatic N) is 6. The van der Waals surface area contributed by atoms with Gasteiger partial charge < -0.3 is 5.73 Å². The quantitative estimate of drug-likeness (QED) is 0.785. The van der Waals surface area contributed by atoms with Crippen molar-refractivity contribution in [1.82, 2.24) is 29.6 Å². The number of unbranched alkanes of at least 4 members (excludes halogenated alkanes) is 1. The van der Waals surface area contributed by atoms with E-state index < -0.39 is 0 Å². The van der Waals surface area contributed by atoms with Gasteiger partial charge in [-0.1, -0.05) is 24.7 Å². The van der Waals surface area contributed by atoms with Gasteiger partial charge in [-0.2, -0.15) is 9.61 Å². The molecule has 0 spiro atoms. The molecule has 0 aliphatic rings. The van der Waals surface area contributed by atoms with Crippen LogP contribution >= 0.6 is 11.3 Å². The standard InChI is InChI=1S/C11H15N7S/c1-3-4-5-17-7(2)6-8(15-17)9-13-14-11-18(9)16-10(12)19-11/h6H,3-5H2,1-2H3,(H2,12,16). The van der Waals surface area contributed by atoms with E-state index in [9.17, 15) is 0 Å². The summed E-state index contributed by atoms with van der Waals surface area (Å²) in [6.45, 7) is 5.13. The summed E-state index contributed by atoms with van der Waals surface area (Å²) in [6.07, 6.45) is 2.26. The molecule has 3 rings (SSSR count). The van der Waals surface area contributed by atoms with Crippen LogP contribution in [0.15, 0.2) is 6.07 Å². The minimum Gasteiger partial charge on any atom is -0.374 e. The molecule has 8 heteroatoms. The zero-order valence-electron chi connectivity index (χ0n) is 10.9. The van der Waals surface area contributed by atoms with E-state index in [1.807, 2.05) is 17.7 Å². The lowest BCUT2D eigenvalue weighted by Gasteiger charge is -2.01. The zero-order chi connectivity index (χ0) is 13.4. The maximum absolute atomic E-state index is 5.68. The SMILES string of the molecule is CCCCn1nc(-c2nnc3sc(N)nn23)cc1C. The van der Waals surface area contributed by atoms with E-state index >= 15 is 0 Å². The summed E-state index contributed by atoms with van der Waals surface area (Å²) >= 11 is 1.31. The Bertz CT molecular complexity index is 708. The van der Waals surface area contributed by atoms with Crippen LogP contribution < -0.4 is 5.73 Å². The first-order valence-electron chi connectivity index (χ1n) is 6.21. The molecule has 3 heterocycles. The predicted molar refractivity (Wildman–Crippen MR) is 73.9 cm³/mol. The largest absolute Gasteiger partial charge is 0.374 e. The van der Waals surface area contributed by atoms with Gasteiger partial charge in [-0.05, 0) is 19.4 Å². The third-order valence-corrected chi connectivity index (χ3v) is 3.67. The van der Waals surface area contributed by atoms with Gasteiger partial charge in [0.25, 0.3) is 0 Å². The molecule has 0 aromatic carbocycles. The molecule has 0 fully saturated rings. The molecule has 100 valence electrons. The van der Waals surface area contributed by atoms with Gasteiger partial charge >= 0.3 is 0 Å². The minimum atomic E-state index is 0.480. The highest BCUT2D eigenvalue weighted by molar-refractivity contribution is 7.20. The Labute approximate surface area is 114 Å². The van der Waals surface area contributed by atoms with Crippen LogP contribution in [0.4, 0.5) is 5.13 Å². The molecule has 7 nitrogen and oxygen atoms in total. The Kier molecular flexibility index (Phi) is 2.94. The first kappa shape index (κ1) is 12.1. The van der Waals surface area contributed by atoms with Crippen molar-refractivity contribution in [3.8, 4) is 11.5 Å². The van der Waals surface area contributed by atoms with E-state index in [1.165, 1.54) is 11.3 Å². The maximum Gasteiger partial charge on any atom is 0.236 e. The average Bonchev–Trinajstić information content (AvgIpc) is 3.00. The number of rotatable bonds is 4. The Morgan fingerprint density at radius 2 is 2.16 bits per heavy atom. The second kappa shape index (κ2) is 4.61. The molecule has 0 saturated heterocycles. The molecule has 0 unspecified atom stereocenters. The fourth-order valence-corrected chi connectivity index (χ4v) is 2.55. The van der Waals surface area contributed by atoms with E-state index in [-0.39, 0.29) is 0 Å². The highest BCUT2D eigenvalue weighted by Gasteiger charge is 2.15. The number of hydrogen-bond acceptors (Lipinski definition) is 6. The minimum absolute atomic E-state index is 0.480. The van der Waals surface area contributed by atoms with Gasteiger partial charge in [-0.3, -0.25) is 4.68 Å². The Balaban J connectivity index is 2.01. The van der Waals surface area contributed by atoms with Crippen LogP contribution in [-0.2, 0) is 6.54 Å². The number of aromatic nitrogens is 6. The van der Waals surface area contributed by atoms with E-state index in [1.54, 1.807) is 4.52 Å². The van der Waals surface area contributed by atoms with Crippen molar-refractivity contribution < 1.29 is 0 Å². The summed E-state index contributed by atoms with van der Waals surface area (Å²) in [5, 5.41) is 17.4. The highest BCUT2D eigenvalue weighted by Crippen LogP contribution is 2.22. The lowest BCUT2D eigenvalue weighted by Crippen LogP contribution is -2.02. The maximum atomic E-state index is 5.68. The van der Waals surface area contributed by atoms with Crippen LogP contribution in [0.5, 0.6) is 0 Å². The fourth-order valence-electron chi connectivity index (χ4n) is 1.95. The lowest BCUT2D eigenvalue weighted by atomic mass is 10.3. The van der Waals surface area contributed by atoms with Gasteiger partial charge in [-0.25, -0.2) is 0 Å². The number of nitrogens with two attached hydrogens (primary N) is 1. The molecule has 0 radical (unpaired) electrons. The monoisotopic (exact) mass is 277 g/mol. The molecule has 0 atom stereocenters. The van der Waals surface area contributed by atoms with Gasteiger partial charge in [0.05, 0.1) is 0 Å². The smallest absolute Gasteiger partial charge is 0.236 e. The number of anilines is 1. The van der Waals surface area contributed by atoms with E-state index in [0.717, 1.165) is 30.8 Å². The summed E-state index contributed by atoms with van der Waals surface area (Å²) in [5.41, 5.74) is 7.57. The van der Waals surface area contributed by atoms with E-state index in [2.05, 4.69) is 27.3 Å². The van der Waals surface area contributed by atoms with Crippen LogP contribution in [0.25, 0.3) is 16.5 Å². The molecule has 0 aliphatic carbocycles. The number of hydrogen-bond donors (Lipinski definition) is 1. The van der Waals surface area contributed by atoms with Gasteiger partial charge in [0.15, 0.2) is 0 Å². The van der Waals surface area contributed by atoms with Crippen LogP contribution in [0.2, 0.25) is 0 Å². The van der Waals surface area contributed by atoms with Crippen molar-refractivity contribution in [1.29, 1.82) is 0 Å². The van der Waals surface area contributed by atoms with Crippen molar-refractivity contribution in [2.45, 2.75) is 33.2 Å². The van der Waals surface area contributed by atoms with E-state index in [0.29, 0.717) is 15.9 Å². The second-order valence-corrected chi connectivity index (χ2v) is 5.39. The predicted octanol–water partition coefficient (Wildman–Crippen LogP) is 1.74. The summed E-state index contributed by atoms with van der Waals surface area (Å²) in [5.74, 6) is 0.640. The Morgan fingerprint density at radius 3 is 2.95 bits per heavy atom. The number of aryl methyl sites for hydroxylation is 2. The number of nitrogen functional groups attached to an aromatic ring is 1. The third-order valence-electron chi connectivity index (χ3n) is 2.94. The molecule has 2 N–H and O–H groups in total. The molecule has 3 aromatic rings. The summed E-state index contributed by atoms with van der Waals surface area (Å²) in [6, 6.07) is 2.00. The molecular weight excluding hydrogens is 262 g/mol. The topological polar surface area (TPSA) is 86.9 Å². The van der Waals surface area contributed by atoms with Crippen molar-refractivity contribution in [2.24, 2.45) is 0 Å². The molecule has 3 aromatic heterocycles. The van der Waals surface area contributed by atoms with Crippen LogP contribution in [0, 0.1) is 6.92 Å². The van der Waals surface area contributed by atoms with Crippen molar-refractivity contribution in [2.75, 3.05) is 5.73 Å².